The summed E-state index contributed by atoms with van der Waals surface area (Å²) >= 11 is 0. The summed E-state index contributed by atoms with van der Waals surface area (Å²) in [5, 5.41) is 3.27. The lowest BCUT2D eigenvalue weighted by atomic mass is 9.93. The molecule has 2 rings (SSSR count). The Bertz CT molecular complexity index is 479. The molecule has 19 heavy (non-hydrogen) atoms. The van der Waals surface area contributed by atoms with Crippen LogP contribution in [-0.4, -0.2) is 20.7 Å². The molecule has 0 aliphatic rings. The van der Waals surface area contributed by atoms with E-state index in [0.717, 1.165) is 25.1 Å². The van der Waals surface area contributed by atoms with Gasteiger partial charge in [-0.2, -0.15) is 0 Å². The Hall–Kier alpha value is -1.74. The van der Waals surface area contributed by atoms with Crippen LogP contribution >= 0.6 is 0 Å². The number of methoxy groups -OCH3 is 1. The topological polar surface area (TPSA) is 34.4 Å². The molecule has 0 amide bonds. The van der Waals surface area contributed by atoms with Gasteiger partial charge in [-0.15, -0.1) is 0 Å². The first-order valence-corrected chi connectivity index (χ1v) is 6.60. The lowest BCUT2D eigenvalue weighted by molar-refractivity contribution is 0.413. The van der Waals surface area contributed by atoms with Gasteiger partial charge in [0.2, 0.25) is 0 Å². The van der Waals surface area contributed by atoms with Gasteiger partial charge in [0.1, 0.15) is 5.75 Å². The van der Waals surface area contributed by atoms with E-state index in [1.54, 1.807) is 13.4 Å². The molecule has 0 bridgehead atoms. The summed E-state index contributed by atoms with van der Waals surface area (Å²) in [6, 6.07) is 10.3. The minimum absolute atomic E-state index is 0.551. The van der Waals surface area contributed by atoms with E-state index in [4.69, 9.17) is 9.15 Å². The van der Waals surface area contributed by atoms with Crippen LogP contribution in [0.5, 0.6) is 5.75 Å². The molecule has 3 heteroatoms. The molecule has 1 aromatic heterocycles. The smallest absolute Gasteiger partial charge is 0.119 e. The maximum atomic E-state index is 5.27. The lowest BCUT2D eigenvalue weighted by Gasteiger charge is -2.16. The van der Waals surface area contributed by atoms with Gasteiger partial charge in [-0.05, 0) is 61.7 Å². The maximum absolute atomic E-state index is 5.27. The standard InChI is InChI=1S/C16H21NO2/c1-17-11-15(9-14-6-7-19-12-14)8-13-4-3-5-16(10-13)18-2/h3-7,10,12,15,17H,8-9,11H2,1-2H3. The minimum atomic E-state index is 0.551. The number of benzene rings is 1. The van der Waals surface area contributed by atoms with Crippen LogP contribution in [0.4, 0.5) is 0 Å². The SMILES string of the molecule is CNCC(Cc1ccoc1)Cc1cccc(OC)c1. The number of furan rings is 1. The predicted octanol–water partition coefficient (Wildman–Crippen LogP) is 2.91. The average Bonchev–Trinajstić information content (AvgIpc) is 2.92. The molecule has 0 fully saturated rings. The zero-order chi connectivity index (χ0) is 13.5. The highest BCUT2D eigenvalue weighted by Crippen LogP contribution is 2.18. The second-order valence-electron chi connectivity index (χ2n) is 4.82. The first kappa shape index (κ1) is 13.7. The fraction of sp³-hybridized carbons (Fsp3) is 0.375. The summed E-state index contributed by atoms with van der Waals surface area (Å²) in [5.74, 6) is 1.47. The predicted molar refractivity (Wildman–Crippen MR) is 76.5 cm³/mol. The average molecular weight is 259 g/mol. The lowest BCUT2D eigenvalue weighted by Crippen LogP contribution is -2.22. The van der Waals surface area contributed by atoms with Crippen LogP contribution < -0.4 is 10.1 Å². The normalized spacial score (nSPS) is 12.3. The highest BCUT2D eigenvalue weighted by molar-refractivity contribution is 5.28. The van der Waals surface area contributed by atoms with Crippen LogP contribution in [0.2, 0.25) is 0 Å². The summed E-state index contributed by atoms with van der Waals surface area (Å²) < 4.78 is 10.4. The Morgan fingerprint density at radius 3 is 2.74 bits per heavy atom. The van der Waals surface area contributed by atoms with Crippen molar-refractivity contribution in [3.05, 3.63) is 54.0 Å². The summed E-state index contributed by atoms with van der Waals surface area (Å²) in [4.78, 5) is 0. The van der Waals surface area contributed by atoms with E-state index in [1.165, 1.54) is 11.1 Å². The Balaban J connectivity index is 2.02. The van der Waals surface area contributed by atoms with Crippen molar-refractivity contribution in [2.24, 2.45) is 5.92 Å². The van der Waals surface area contributed by atoms with Gasteiger partial charge in [-0.1, -0.05) is 12.1 Å². The second-order valence-corrected chi connectivity index (χ2v) is 4.82. The van der Waals surface area contributed by atoms with E-state index in [9.17, 15) is 0 Å². The zero-order valence-electron chi connectivity index (χ0n) is 11.6. The van der Waals surface area contributed by atoms with Crippen molar-refractivity contribution < 1.29 is 9.15 Å². The van der Waals surface area contributed by atoms with Gasteiger partial charge in [-0.3, -0.25) is 0 Å². The van der Waals surface area contributed by atoms with Gasteiger partial charge in [0, 0.05) is 0 Å². The van der Waals surface area contributed by atoms with Crippen molar-refractivity contribution in [3.63, 3.8) is 0 Å². The quantitative estimate of drug-likeness (QED) is 0.830. The molecule has 0 saturated heterocycles. The molecule has 102 valence electrons. The molecule has 0 aliphatic carbocycles. The van der Waals surface area contributed by atoms with Gasteiger partial charge < -0.3 is 14.5 Å². The largest absolute Gasteiger partial charge is 0.497 e. The number of hydrogen-bond acceptors (Lipinski definition) is 3. The molecule has 1 atom stereocenters. The Morgan fingerprint density at radius 1 is 1.21 bits per heavy atom. The number of nitrogens with one attached hydrogen (secondary N) is 1. The van der Waals surface area contributed by atoms with Crippen molar-refractivity contribution in [2.75, 3.05) is 20.7 Å². The van der Waals surface area contributed by atoms with Crippen molar-refractivity contribution in [1.29, 1.82) is 0 Å². The molecule has 0 aliphatic heterocycles. The highest BCUT2D eigenvalue weighted by Gasteiger charge is 2.11. The van der Waals surface area contributed by atoms with Crippen LogP contribution in [0.25, 0.3) is 0 Å². The summed E-state index contributed by atoms with van der Waals surface area (Å²) in [6.07, 6.45) is 5.61. The summed E-state index contributed by atoms with van der Waals surface area (Å²) in [7, 11) is 3.70. The van der Waals surface area contributed by atoms with Crippen molar-refractivity contribution in [1.82, 2.24) is 5.32 Å². The molecule has 1 aromatic carbocycles. The van der Waals surface area contributed by atoms with E-state index in [0.29, 0.717) is 5.92 Å². The maximum Gasteiger partial charge on any atom is 0.119 e. The van der Waals surface area contributed by atoms with E-state index in [-0.39, 0.29) is 0 Å². The molecule has 1 heterocycles. The van der Waals surface area contributed by atoms with Gasteiger partial charge in [0.05, 0.1) is 19.6 Å². The third kappa shape index (κ3) is 4.14. The van der Waals surface area contributed by atoms with E-state index >= 15 is 0 Å². The molecule has 1 N–H and O–H groups in total. The van der Waals surface area contributed by atoms with Crippen LogP contribution in [0.15, 0.2) is 47.3 Å². The molecule has 0 saturated carbocycles. The van der Waals surface area contributed by atoms with E-state index in [1.807, 2.05) is 31.5 Å². The minimum Gasteiger partial charge on any atom is -0.497 e. The van der Waals surface area contributed by atoms with Crippen molar-refractivity contribution >= 4 is 0 Å². The van der Waals surface area contributed by atoms with E-state index < -0.39 is 0 Å². The van der Waals surface area contributed by atoms with Crippen molar-refractivity contribution in [2.45, 2.75) is 12.8 Å². The van der Waals surface area contributed by atoms with Gasteiger partial charge in [0.15, 0.2) is 0 Å². The monoisotopic (exact) mass is 259 g/mol. The van der Waals surface area contributed by atoms with Gasteiger partial charge in [0.25, 0.3) is 0 Å². The number of ether oxygens (including phenoxy) is 1. The van der Waals surface area contributed by atoms with Gasteiger partial charge in [-0.25, -0.2) is 0 Å². The fourth-order valence-corrected chi connectivity index (χ4v) is 2.38. The second kappa shape index (κ2) is 7.00. The number of hydrogen-bond donors (Lipinski definition) is 1. The molecule has 3 nitrogen and oxygen atoms in total. The third-order valence-electron chi connectivity index (χ3n) is 3.26. The molecule has 0 spiro atoms. The van der Waals surface area contributed by atoms with Crippen LogP contribution in [-0.2, 0) is 12.8 Å². The molecule has 0 radical (unpaired) electrons. The first-order chi connectivity index (χ1) is 9.31. The Kier molecular flexibility index (Phi) is 5.04. The van der Waals surface area contributed by atoms with Gasteiger partial charge >= 0.3 is 0 Å². The summed E-state index contributed by atoms with van der Waals surface area (Å²) in [6.45, 7) is 0.988. The number of rotatable bonds is 7. The zero-order valence-corrected chi connectivity index (χ0v) is 11.6. The first-order valence-electron chi connectivity index (χ1n) is 6.60. The third-order valence-corrected chi connectivity index (χ3v) is 3.26. The van der Waals surface area contributed by atoms with Crippen LogP contribution in [0.3, 0.4) is 0 Å². The highest BCUT2D eigenvalue weighted by atomic mass is 16.5. The molecule has 1 unspecified atom stereocenters. The van der Waals surface area contributed by atoms with Crippen LogP contribution in [0.1, 0.15) is 11.1 Å². The van der Waals surface area contributed by atoms with Crippen molar-refractivity contribution in [3.8, 4) is 5.75 Å². The fourth-order valence-electron chi connectivity index (χ4n) is 2.38. The molecule has 2 aromatic rings. The van der Waals surface area contributed by atoms with Crippen LogP contribution in [0, 0.1) is 5.92 Å². The summed E-state index contributed by atoms with van der Waals surface area (Å²) in [5.41, 5.74) is 2.56. The molecular formula is C16H21NO2. The Morgan fingerprint density at radius 2 is 2.05 bits per heavy atom. The van der Waals surface area contributed by atoms with E-state index in [2.05, 4.69) is 17.4 Å². The molecular weight excluding hydrogens is 238 g/mol. The Labute approximate surface area is 114 Å².